The lowest BCUT2D eigenvalue weighted by molar-refractivity contribution is -0.178. The van der Waals surface area contributed by atoms with Crippen LogP contribution in [0.4, 0.5) is 26.3 Å². The molecule has 10 heteroatoms. The molecule has 0 fully saturated rings. The van der Waals surface area contributed by atoms with Crippen LogP contribution in [0.5, 0.6) is 23.0 Å². The predicted molar refractivity (Wildman–Crippen MR) is 211 cm³/mol. The van der Waals surface area contributed by atoms with Gasteiger partial charge in [0.2, 0.25) is 0 Å². The van der Waals surface area contributed by atoms with E-state index in [2.05, 4.69) is 0 Å². The summed E-state index contributed by atoms with van der Waals surface area (Å²) in [5, 5.41) is 0. The number of hydrogen-bond donors (Lipinski definition) is 0. The molecule has 0 aromatic heterocycles. The van der Waals surface area contributed by atoms with Crippen LogP contribution in [0.25, 0.3) is 0 Å². The maximum Gasteiger partial charge on any atom is 0.402 e. The standard InChI is InChI=1S/2C24H21F3O2/c2*1-28-18-10-8-16(9-11-18)21-15-23(24(25,26)27,17-6-4-3-5-7-17)22-13-12-19(29-2)14-20(21)22/h2*3-14,21H,15H2,1-2H3/t2*21-,23+/m00/s1. The van der Waals surface area contributed by atoms with E-state index in [1.165, 1.54) is 14.2 Å². The number of ether oxygens (including phenoxy) is 4. The lowest BCUT2D eigenvalue weighted by Crippen LogP contribution is -2.41. The summed E-state index contributed by atoms with van der Waals surface area (Å²) in [5.74, 6) is 1.62. The van der Waals surface area contributed by atoms with Crippen molar-refractivity contribution in [1.29, 1.82) is 0 Å². The lowest BCUT2D eigenvalue weighted by atomic mass is 9.74. The first-order valence-electron chi connectivity index (χ1n) is 18.7. The van der Waals surface area contributed by atoms with Crippen LogP contribution < -0.4 is 18.9 Å². The van der Waals surface area contributed by atoms with Crippen molar-refractivity contribution < 1.29 is 45.3 Å². The first-order valence-corrected chi connectivity index (χ1v) is 18.7. The second kappa shape index (κ2) is 15.8. The van der Waals surface area contributed by atoms with Crippen molar-refractivity contribution in [2.75, 3.05) is 28.4 Å². The Balaban J connectivity index is 0.000000177. The van der Waals surface area contributed by atoms with Gasteiger partial charge in [-0.05, 0) is 106 Å². The van der Waals surface area contributed by atoms with Gasteiger partial charge in [-0.2, -0.15) is 26.3 Å². The lowest BCUT2D eigenvalue weighted by Gasteiger charge is -2.34. The van der Waals surface area contributed by atoms with Crippen molar-refractivity contribution in [3.8, 4) is 23.0 Å². The molecule has 2 aliphatic rings. The smallest absolute Gasteiger partial charge is 0.402 e. The van der Waals surface area contributed by atoms with Crippen molar-refractivity contribution in [3.63, 3.8) is 0 Å². The number of halogens is 6. The van der Waals surface area contributed by atoms with Gasteiger partial charge in [0.25, 0.3) is 0 Å². The van der Waals surface area contributed by atoms with E-state index in [0.717, 1.165) is 11.1 Å². The van der Waals surface area contributed by atoms with Crippen LogP contribution in [0.3, 0.4) is 0 Å². The average Bonchev–Trinajstić information content (AvgIpc) is 3.79. The predicted octanol–water partition coefficient (Wildman–Crippen LogP) is 12.2. The van der Waals surface area contributed by atoms with Crippen molar-refractivity contribution in [2.24, 2.45) is 0 Å². The van der Waals surface area contributed by atoms with Crippen LogP contribution in [0, 0.1) is 0 Å². The largest absolute Gasteiger partial charge is 0.497 e. The molecular weight excluding hydrogens is 755 g/mol. The number of fused-ring (bicyclic) bond motifs is 2. The van der Waals surface area contributed by atoms with Crippen LogP contribution in [0.2, 0.25) is 0 Å². The third kappa shape index (κ3) is 6.92. The van der Waals surface area contributed by atoms with Gasteiger partial charge < -0.3 is 18.9 Å². The summed E-state index contributed by atoms with van der Waals surface area (Å²) in [6.45, 7) is 0. The molecule has 0 saturated carbocycles. The van der Waals surface area contributed by atoms with E-state index in [0.29, 0.717) is 34.1 Å². The highest BCUT2D eigenvalue weighted by atomic mass is 19.4. The molecule has 0 spiro atoms. The van der Waals surface area contributed by atoms with Crippen LogP contribution in [0.15, 0.2) is 146 Å². The highest BCUT2D eigenvalue weighted by Crippen LogP contribution is 2.61. The quantitative estimate of drug-likeness (QED) is 0.144. The SMILES string of the molecule is COc1ccc([C@@H]2C[C@](c3ccccc3)(C(F)(F)F)c3ccc(OC)cc32)cc1.COc1ccc([C@@H]2C[C@](c3ccccc3)(C(F)(F)F)c3ccc(OC)cc32)cc1. The summed E-state index contributed by atoms with van der Waals surface area (Å²) < 4.78 is 109. The molecule has 0 saturated heterocycles. The molecule has 6 aromatic carbocycles. The highest BCUT2D eigenvalue weighted by molar-refractivity contribution is 5.59. The number of alkyl halides is 6. The van der Waals surface area contributed by atoms with E-state index in [1.807, 2.05) is 24.3 Å². The van der Waals surface area contributed by atoms with Crippen LogP contribution in [-0.4, -0.2) is 40.8 Å². The van der Waals surface area contributed by atoms with Gasteiger partial charge in [-0.1, -0.05) is 97.1 Å². The second-order valence-corrected chi connectivity index (χ2v) is 14.5. The summed E-state index contributed by atoms with van der Waals surface area (Å²) in [5.41, 5.74) is -0.0995. The Kier molecular flexibility index (Phi) is 11.0. The van der Waals surface area contributed by atoms with Crippen molar-refractivity contribution in [3.05, 3.63) is 190 Å². The molecule has 6 aromatic rings. The zero-order valence-corrected chi connectivity index (χ0v) is 32.3. The maximum atomic E-state index is 14.7. The summed E-state index contributed by atoms with van der Waals surface area (Å²) in [4.78, 5) is 0. The van der Waals surface area contributed by atoms with Crippen LogP contribution in [-0.2, 0) is 10.8 Å². The number of benzene rings is 6. The van der Waals surface area contributed by atoms with Gasteiger partial charge in [0.05, 0.1) is 28.4 Å². The van der Waals surface area contributed by atoms with Crippen LogP contribution >= 0.6 is 0 Å². The number of methoxy groups -OCH3 is 4. The minimum Gasteiger partial charge on any atom is -0.497 e. The third-order valence-corrected chi connectivity index (χ3v) is 11.7. The first kappa shape index (κ1) is 40.3. The molecule has 0 N–H and O–H groups in total. The highest BCUT2D eigenvalue weighted by Gasteiger charge is 2.63. The summed E-state index contributed by atoms with van der Waals surface area (Å²) >= 11 is 0. The Hall–Kier alpha value is -5.90. The molecule has 0 heterocycles. The molecule has 4 atom stereocenters. The molecule has 2 aliphatic carbocycles. The number of rotatable bonds is 8. The Bertz CT molecular complexity index is 2160. The van der Waals surface area contributed by atoms with E-state index >= 15 is 0 Å². The van der Waals surface area contributed by atoms with Gasteiger partial charge in [-0.3, -0.25) is 0 Å². The molecule has 0 aliphatic heterocycles. The van der Waals surface area contributed by atoms with E-state index in [-0.39, 0.29) is 35.1 Å². The molecule has 8 rings (SSSR count). The Labute approximate surface area is 334 Å². The normalized spacial score (nSPS) is 20.9. The van der Waals surface area contributed by atoms with Gasteiger partial charge in [0, 0.05) is 11.8 Å². The molecule has 58 heavy (non-hydrogen) atoms. The minimum atomic E-state index is -4.45. The summed E-state index contributed by atoms with van der Waals surface area (Å²) in [6, 6.07) is 40.7. The van der Waals surface area contributed by atoms with E-state index in [9.17, 15) is 26.3 Å². The summed E-state index contributed by atoms with van der Waals surface area (Å²) in [7, 11) is 6.17. The van der Waals surface area contributed by atoms with Crippen molar-refractivity contribution in [2.45, 2.75) is 47.9 Å². The molecule has 0 radical (unpaired) electrons. The van der Waals surface area contributed by atoms with E-state index < -0.39 is 35.0 Å². The fourth-order valence-electron chi connectivity index (χ4n) is 8.87. The molecular formula is C48H42F6O4. The second-order valence-electron chi connectivity index (χ2n) is 14.5. The number of hydrogen-bond acceptors (Lipinski definition) is 4. The van der Waals surface area contributed by atoms with Gasteiger partial charge in [0.1, 0.15) is 33.8 Å². The zero-order valence-electron chi connectivity index (χ0n) is 32.3. The zero-order chi connectivity index (χ0) is 41.3. The van der Waals surface area contributed by atoms with Crippen molar-refractivity contribution >= 4 is 0 Å². The van der Waals surface area contributed by atoms with Gasteiger partial charge in [0.15, 0.2) is 0 Å². The minimum absolute atomic E-state index is 0.0880. The Morgan fingerprint density at radius 3 is 1.02 bits per heavy atom. The molecule has 0 amide bonds. The van der Waals surface area contributed by atoms with Crippen molar-refractivity contribution in [1.82, 2.24) is 0 Å². The Morgan fingerprint density at radius 1 is 0.414 bits per heavy atom. The molecule has 4 nitrogen and oxygen atoms in total. The monoisotopic (exact) mass is 796 g/mol. The molecule has 0 bridgehead atoms. The van der Waals surface area contributed by atoms with Gasteiger partial charge in [-0.15, -0.1) is 0 Å². The van der Waals surface area contributed by atoms with E-state index in [1.54, 1.807) is 136 Å². The van der Waals surface area contributed by atoms with E-state index in [4.69, 9.17) is 18.9 Å². The fourth-order valence-corrected chi connectivity index (χ4v) is 8.87. The van der Waals surface area contributed by atoms with Gasteiger partial charge in [-0.25, -0.2) is 0 Å². The molecule has 300 valence electrons. The van der Waals surface area contributed by atoms with Gasteiger partial charge >= 0.3 is 12.4 Å². The fraction of sp³-hybridized carbons (Fsp3) is 0.250. The topological polar surface area (TPSA) is 36.9 Å². The first-order chi connectivity index (χ1) is 27.8. The average molecular weight is 797 g/mol. The molecule has 0 unspecified atom stereocenters. The summed E-state index contributed by atoms with van der Waals surface area (Å²) in [6.07, 6.45) is -9.07. The van der Waals surface area contributed by atoms with Crippen LogP contribution in [0.1, 0.15) is 69.2 Å². The Morgan fingerprint density at radius 2 is 0.724 bits per heavy atom. The maximum absolute atomic E-state index is 14.7. The third-order valence-electron chi connectivity index (χ3n) is 11.7.